The minimum Gasteiger partial charge on any atom is -0.321 e. The molecule has 27 heavy (non-hydrogen) atoms. The number of aromatic nitrogens is 2. The summed E-state index contributed by atoms with van der Waals surface area (Å²) in [5.74, 6) is -0.125. The molecule has 0 saturated carbocycles. The van der Waals surface area contributed by atoms with E-state index >= 15 is 0 Å². The summed E-state index contributed by atoms with van der Waals surface area (Å²) in [5.41, 5.74) is 4.62. The van der Waals surface area contributed by atoms with Gasteiger partial charge in [-0.3, -0.25) is 9.20 Å². The second-order valence-corrected chi connectivity index (χ2v) is 7.36. The molecule has 2 aromatic carbocycles. The highest BCUT2D eigenvalue weighted by atomic mass is 32.1. The summed E-state index contributed by atoms with van der Waals surface area (Å²) in [4.78, 5) is 18.2. The molecule has 0 saturated heterocycles. The molecule has 1 amide bonds. The summed E-state index contributed by atoms with van der Waals surface area (Å²) in [5, 5.41) is 4.84. The molecule has 2 heterocycles. The van der Waals surface area contributed by atoms with Gasteiger partial charge in [0.05, 0.1) is 5.69 Å². The van der Waals surface area contributed by atoms with Crippen LogP contribution < -0.4 is 5.32 Å². The van der Waals surface area contributed by atoms with Crippen LogP contribution in [0.25, 0.3) is 16.2 Å². The maximum absolute atomic E-state index is 12.7. The number of aryl methyl sites for hydroxylation is 1. The number of fused-ring (bicyclic) bond motifs is 1. The first-order valence-electron chi connectivity index (χ1n) is 9.17. The van der Waals surface area contributed by atoms with Crippen molar-refractivity contribution in [2.75, 3.05) is 5.32 Å². The van der Waals surface area contributed by atoms with E-state index in [1.54, 1.807) is 0 Å². The van der Waals surface area contributed by atoms with Crippen LogP contribution in [0.5, 0.6) is 0 Å². The summed E-state index contributed by atoms with van der Waals surface area (Å²) in [7, 11) is 0. The fraction of sp³-hybridized carbons (Fsp3) is 0.182. The van der Waals surface area contributed by atoms with Crippen LogP contribution in [0.1, 0.15) is 35.8 Å². The minimum absolute atomic E-state index is 0.125. The van der Waals surface area contributed by atoms with E-state index in [9.17, 15) is 4.79 Å². The number of thiazole rings is 1. The van der Waals surface area contributed by atoms with Crippen molar-refractivity contribution in [1.29, 1.82) is 0 Å². The molecule has 0 fully saturated rings. The number of anilines is 1. The van der Waals surface area contributed by atoms with Crippen LogP contribution in [0.4, 0.5) is 5.69 Å². The standard InChI is InChI=1S/C22H21N3OS/c1-2-3-7-16-10-12-18(13-11-16)23-21(26)20-15-27-22-24-19(14-25(20)22)17-8-5-4-6-9-17/h4-6,8-15H,2-3,7H2,1H3,(H,23,26). The zero-order valence-electron chi connectivity index (χ0n) is 15.2. The SMILES string of the molecule is CCCCc1ccc(NC(=O)c2csc3nc(-c4ccccc4)cn23)cc1. The molecule has 5 heteroatoms. The van der Waals surface area contributed by atoms with Gasteiger partial charge in [0.15, 0.2) is 4.96 Å². The first kappa shape index (κ1) is 17.5. The van der Waals surface area contributed by atoms with Crippen molar-refractivity contribution in [2.45, 2.75) is 26.2 Å². The number of rotatable bonds is 6. The summed E-state index contributed by atoms with van der Waals surface area (Å²) >= 11 is 1.47. The highest BCUT2D eigenvalue weighted by molar-refractivity contribution is 7.15. The second-order valence-electron chi connectivity index (χ2n) is 6.52. The van der Waals surface area contributed by atoms with Crippen molar-refractivity contribution < 1.29 is 4.79 Å². The number of hydrogen-bond donors (Lipinski definition) is 1. The van der Waals surface area contributed by atoms with Crippen molar-refractivity contribution in [2.24, 2.45) is 0 Å². The molecule has 4 nitrogen and oxygen atoms in total. The number of carbonyl (C=O) groups is 1. The molecule has 0 bridgehead atoms. The van der Waals surface area contributed by atoms with E-state index in [2.05, 4.69) is 29.4 Å². The average Bonchev–Trinajstić information content (AvgIpc) is 3.29. The van der Waals surface area contributed by atoms with Gasteiger partial charge in [-0.1, -0.05) is 55.8 Å². The Labute approximate surface area is 162 Å². The Morgan fingerprint density at radius 3 is 2.63 bits per heavy atom. The Kier molecular flexibility index (Phi) is 5.03. The monoisotopic (exact) mass is 375 g/mol. The highest BCUT2D eigenvalue weighted by Gasteiger charge is 2.15. The predicted molar refractivity (Wildman–Crippen MR) is 112 cm³/mol. The average molecular weight is 375 g/mol. The number of hydrogen-bond acceptors (Lipinski definition) is 3. The third kappa shape index (κ3) is 3.78. The van der Waals surface area contributed by atoms with Crippen LogP contribution >= 0.6 is 11.3 Å². The molecule has 0 radical (unpaired) electrons. The maximum Gasteiger partial charge on any atom is 0.273 e. The Hall–Kier alpha value is -2.92. The number of carbonyl (C=O) groups excluding carboxylic acids is 1. The van der Waals surface area contributed by atoms with E-state index in [-0.39, 0.29) is 5.91 Å². The van der Waals surface area contributed by atoms with Crippen molar-refractivity contribution in [3.05, 3.63) is 77.4 Å². The van der Waals surface area contributed by atoms with E-state index in [1.807, 2.05) is 58.4 Å². The Balaban J connectivity index is 1.53. The summed E-state index contributed by atoms with van der Waals surface area (Å²) in [6.45, 7) is 2.19. The van der Waals surface area contributed by atoms with Gasteiger partial charge in [0.2, 0.25) is 0 Å². The van der Waals surface area contributed by atoms with Crippen LogP contribution in [0.3, 0.4) is 0 Å². The molecule has 2 aromatic heterocycles. The number of unbranched alkanes of at least 4 members (excludes halogenated alkanes) is 1. The van der Waals surface area contributed by atoms with E-state index in [1.165, 1.54) is 29.7 Å². The molecular weight excluding hydrogens is 354 g/mol. The van der Waals surface area contributed by atoms with Gasteiger partial charge >= 0.3 is 0 Å². The van der Waals surface area contributed by atoms with Gasteiger partial charge in [-0.25, -0.2) is 4.98 Å². The number of nitrogens with one attached hydrogen (secondary N) is 1. The van der Waals surface area contributed by atoms with E-state index in [0.29, 0.717) is 5.69 Å². The molecule has 4 aromatic rings. The molecule has 136 valence electrons. The highest BCUT2D eigenvalue weighted by Crippen LogP contribution is 2.24. The quantitative estimate of drug-likeness (QED) is 0.473. The fourth-order valence-corrected chi connectivity index (χ4v) is 3.88. The maximum atomic E-state index is 12.7. The van der Waals surface area contributed by atoms with Gasteiger partial charge in [0, 0.05) is 22.8 Å². The summed E-state index contributed by atoms with van der Waals surface area (Å²) in [6, 6.07) is 18.1. The third-order valence-corrected chi connectivity index (χ3v) is 5.38. The molecular formula is C22H21N3OS. The molecule has 4 rings (SSSR count). The van der Waals surface area contributed by atoms with Crippen LogP contribution in [-0.2, 0) is 6.42 Å². The van der Waals surface area contributed by atoms with E-state index in [4.69, 9.17) is 0 Å². The minimum atomic E-state index is -0.125. The third-order valence-electron chi connectivity index (χ3n) is 4.54. The van der Waals surface area contributed by atoms with E-state index < -0.39 is 0 Å². The van der Waals surface area contributed by atoms with Crippen molar-refractivity contribution >= 4 is 27.9 Å². The number of benzene rings is 2. The summed E-state index contributed by atoms with van der Waals surface area (Å²) < 4.78 is 1.86. The van der Waals surface area contributed by atoms with Gasteiger partial charge in [0.1, 0.15) is 5.69 Å². The number of imidazole rings is 1. The zero-order chi connectivity index (χ0) is 18.6. The smallest absolute Gasteiger partial charge is 0.273 e. The lowest BCUT2D eigenvalue weighted by atomic mass is 10.1. The molecule has 0 aliphatic rings. The van der Waals surface area contributed by atoms with Crippen molar-refractivity contribution in [1.82, 2.24) is 9.38 Å². The van der Waals surface area contributed by atoms with Gasteiger partial charge in [0.25, 0.3) is 5.91 Å². The first-order valence-corrected chi connectivity index (χ1v) is 10.0. The molecule has 0 aliphatic carbocycles. The second kappa shape index (κ2) is 7.76. The van der Waals surface area contributed by atoms with Crippen molar-refractivity contribution in [3.63, 3.8) is 0 Å². The Morgan fingerprint density at radius 2 is 1.89 bits per heavy atom. The van der Waals surface area contributed by atoms with Gasteiger partial charge < -0.3 is 5.32 Å². The molecule has 0 unspecified atom stereocenters. The topological polar surface area (TPSA) is 46.4 Å². The predicted octanol–water partition coefficient (Wildman–Crippen LogP) is 5.66. The lowest BCUT2D eigenvalue weighted by molar-refractivity contribution is 0.102. The van der Waals surface area contributed by atoms with Crippen LogP contribution in [0, 0.1) is 0 Å². The van der Waals surface area contributed by atoms with Crippen LogP contribution in [-0.4, -0.2) is 15.3 Å². The number of nitrogens with zero attached hydrogens (tertiary/aromatic N) is 2. The lowest BCUT2D eigenvalue weighted by Crippen LogP contribution is -2.13. The largest absolute Gasteiger partial charge is 0.321 e. The molecule has 1 N–H and O–H groups in total. The lowest BCUT2D eigenvalue weighted by Gasteiger charge is -2.06. The molecule has 0 atom stereocenters. The van der Waals surface area contributed by atoms with Gasteiger partial charge in [-0.05, 0) is 30.5 Å². The first-order chi connectivity index (χ1) is 13.2. The fourth-order valence-electron chi connectivity index (χ4n) is 3.03. The van der Waals surface area contributed by atoms with Gasteiger partial charge in [-0.15, -0.1) is 11.3 Å². The number of amides is 1. The van der Waals surface area contributed by atoms with Crippen molar-refractivity contribution in [3.8, 4) is 11.3 Å². The van der Waals surface area contributed by atoms with Crippen LogP contribution in [0.2, 0.25) is 0 Å². The van der Waals surface area contributed by atoms with E-state index in [0.717, 1.165) is 28.3 Å². The molecule has 0 spiro atoms. The molecule has 0 aliphatic heterocycles. The summed E-state index contributed by atoms with van der Waals surface area (Å²) in [6.07, 6.45) is 5.36. The van der Waals surface area contributed by atoms with Crippen LogP contribution in [0.15, 0.2) is 66.2 Å². The Bertz CT molecular complexity index is 1050. The normalized spacial score (nSPS) is 11.0. The van der Waals surface area contributed by atoms with Gasteiger partial charge in [-0.2, -0.15) is 0 Å². The Morgan fingerprint density at radius 1 is 1.11 bits per heavy atom. The zero-order valence-corrected chi connectivity index (χ0v) is 16.0.